The van der Waals surface area contributed by atoms with E-state index in [1.165, 1.54) is 0 Å². The summed E-state index contributed by atoms with van der Waals surface area (Å²) in [6, 6.07) is 12.7. The van der Waals surface area contributed by atoms with Gasteiger partial charge in [-0.2, -0.15) is 0 Å². The molecule has 6 nitrogen and oxygen atoms in total. The molecule has 0 aromatic heterocycles. The molecule has 0 aliphatic heterocycles. The van der Waals surface area contributed by atoms with E-state index in [0.717, 1.165) is 11.1 Å². The number of aryl methyl sites for hydroxylation is 1. The van der Waals surface area contributed by atoms with E-state index in [4.69, 9.17) is 9.47 Å². The molecule has 0 fully saturated rings. The molecule has 26 heavy (non-hydrogen) atoms. The van der Waals surface area contributed by atoms with Crippen molar-refractivity contribution in [3.8, 4) is 11.5 Å². The number of carbonyl (C=O) groups is 2. The number of hydrogen-bond donors (Lipinski definition) is 2. The lowest BCUT2D eigenvalue weighted by Crippen LogP contribution is -2.35. The van der Waals surface area contributed by atoms with Gasteiger partial charge >= 0.3 is 0 Å². The van der Waals surface area contributed by atoms with Crippen LogP contribution in [0.15, 0.2) is 42.5 Å². The molecule has 0 saturated heterocycles. The normalized spacial score (nSPS) is 10.1. The lowest BCUT2D eigenvalue weighted by atomic mass is 10.1. The van der Waals surface area contributed by atoms with Crippen LogP contribution in [0.5, 0.6) is 11.5 Å². The molecule has 0 aliphatic carbocycles. The third-order valence-corrected chi connectivity index (χ3v) is 3.86. The van der Waals surface area contributed by atoms with Crippen LogP contribution in [-0.2, 0) is 11.2 Å². The van der Waals surface area contributed by atoms with E-state index in [0.29, 0.717) is 30.2 Å². The first-order chi connectivity index (χ1) is 12.5. The van der Waals surface area contributed by atoms with Crippen molar-refractivity contribution in [2.24, 2.45) is 0 Å². The first-order valence-electron chi connectivity index (χ1n) is 8.36. The molecule has 2 amide bonds. The number of carbonyl (C=O) groups excluding carboxylic acids is 2. The standard InChI is InChI=1S/C20H24N2O4/c1-14-4-7-16(8-5-14)20(24)22-11-10-21-19(23)13-15-6-9-17(25-2)18(12-15)26-3/h4-9,12H,10-11,13H2,1-3H3,(H,21,23)(H,22,24). The molecule has 2 N–H and O–H groups in total. The number of amides is 2. The molecule has 0 atom stereocenters. The molecule has 0 saturated carbocycles. The van der Waals surface area contributed by atoms with E-state index in [9.17, 15) is 9.59 Å². The predicted molar refractivity (Wildman–Crippen MR) is 99.8 cm³/mol. The Kier molecular flexibility index (Phi) is 7.02. The summed E-state index contributed by atoms with van der Waals surface area (Å²) >= 11 is 0. The van der Waals surface area contributed by atoms with Gasteiger partial charge in [-0.25, -0.2) is 0 Å². The highest BCUT2D eigenvalue weighted by molar-refractivity contribution is 5.94. The first-order valence-corrected chi connectivity index (χ1v) is 8.36. The van der Waals surface area contributed by atoms with Crippen molar-refractivity contribution in [3.05, 3.63) is 59.2 Å². The largest absolute Gasteiger partial charge is 0.493 e. The Labute approximate surface area is 153 Å². The lowest BCUT2D eigenvalue weighted by molar-refractivity contribution is -0.120. The lowest BCUT2D eigenvalue weighted by Gasteiger charge is -2.10. The SMILES string of the molecule is COc1ccc(CC(=O)NCCNC(=O)c2ccc(C)cc2)cc1OC. The third-order valence-electron chi connectivity index (χ3n) is 3.86. The minimum Gasteiger partial charge on any atom is -0.493 e. The number of hydrogen-bond acceptors (Lipinski definition) is 4. The minimum atomic E-state index is -0.154. The Morgan fingerprint density at radius 2 is 1.54 bits per heavy atom. The summed E-state index contributed by atoms with van der Waals surface area (Å²) in [6.45, 7) is 2.70. The van der Waals surface area contributed by atoms with E-state index < -0.39 is 0 Å². The Morgan fingerprint density at radius 1 is 0.885 bits per heavy atom. The van der Waals surface area contributed by atoms with Crippen LogP contribution in [0.3, 0.4) is 0 Å². The maximum atomic E-state index is 12.0. The van der Waals surface area contributed by atoms with Crippen LogP contribution in [-0.4, -0.2) is 39.1 Å². The Balaban J connectivity index is 1.75. The average Bonchev–Trinajstić information content (AvgIpc) is 2.65. The summed E-state index contributed by atoms with van der Waals surface area (Å²) in [5.74, 6) is 0.930. The van der Waals surface area contributed by atoms with Crippen LogP contribution in [0.2, 0.25) is 0 Å². The van der Waals surface area contributed by atoms with Crippen LogP contribution in [0.25, 0.3) is 0 Å². The van der Waals surface area contributed by atoms with Gasteiger partial charge in [0.1, 0.15) is 0 Å². The van der Waals surface area contributed by atoms with Crippen LogP contribution >= 0.6 is 0 Å². The highest BCUT2D eigenvalue weighted by Crippen LogP contribution is 2.27. The maximum Gasteiger partial charge on any atom is 0.251 e. The molecular formula is C20H24N2O4. The van der Waals surface area contributed by atoms with Gasteiger partial charge < -0.3 is 20.1 Å². The van der Waals surface area contributed by atoms with Gasteiger partial charge in [-0.15, -0.1) is 0 Å². The van der Waals surface area contributed by atoms with E-state index in [2.05, 4.69) is 10.6 Å². The fourth-order valence-corrected chi connectivity index (χ4v) is 2.42. The summed E-state index contributed by atoms with van der Waals surface area (Å²) < 4.78 is 10.4. The summed E-state index contributed by atoms with van der Waals surface area (Å²) in [5, 5.41) is 5.57. The third kappa shape index (κ3) is 5.51. The summed E-state index contributed by atoms with van der Waals surface area (Å²) in [5.41, 5.74) is 2.53. The van der Waals surface area contributed by atoms with E-state index in [-0.39, 0.29) is 18.2 Å². The fourth-order valence-electron chi connectivity index (χ4n) is 2.42. The summed E-state index contributed by atoms with van der Waals surface area (Å²) in [7, 11) is 3.12. The minimum absolute atomic E-state index is 0.123. The zero-order valence-corrected chi connectivity index (χ0v) is 15.3. The van der Waals surface area contributed by atoms with Gasteiger partial charge in [-0.05, 0) is 36.8 Å². The molecule has 2 aromatic carbocycles. The van der Waals surface area contributed by atoms with Gasteiger partial charge in [0.2, 0.25) is 5.91 Å². The average molecular weight is 356 g/mol. The number of methoxy groups -OCH3 is 2. The van der Waals surface area contributed by atoms with Crippen molar-refractivity contribution in [1.82, 2.24) is 10.6 Å². The van der Waals surface area contributed by atoms with Gasteiger partial charge in [0.05, 0.1) is 20.6 Å². The van der Waals surface area contributed by atoms with Crippen molar-refractivity contribution in [2.45, 2.75) is 13.3 Å². The summed E-state index contributed by atoms with van der Waals surface area (Å²) in [4.78, 5) is 24.0. The quantitative estimate of drug-likeness (QED) is 0.710. The molecule has 138 valence electrons. The number of nitrogens with one attached hydrogen (secondary N) is 2. The Bertz CT molecular complexity index is 757. The topological polar surface area (TPSA) is 76.7 Å². The predicted octanol–water partition coefficient (Wildman–Crippen LogP) is 2.10. The smallest absolute Gasteiger partial charge is 0.251 e. The van der Waals surface area contributed by atoms with Crippen LogP contribution < -0.4 is 20.1 Å². The van der Waals surface area contributed by atoms with Gasteiger partial charge in [-0.1, -0.05) is 23.8 Å². The fraction of sp³-hybridized carbons (Fsp3) is 0.300. The highest BCUT2D eigenvalue weighted by Gasteiger charge is 2.09. The molecule has 6 heteroatoms. The van der Waals surface area contributed by atoms with Crippen LogP contribution in [0.4, 0.5) is 0 Å². The van der Waals surface area contributed by atoms with Crippen LogP contribution in [0.1, 0.15) is 21.5 Å². The van der Waals surface area contributed by atoms with Crippen molar-refractivity contribution in [3.63, 3.8) is 0 Å². The second-order valence-electron chi connectivity index (χ2n) is 5.84. The first kappa shape index (κ1) is 19.3. The molecule has 0 heterocycles. The molecule has 0 unspecified atom stereocenters. The van der Waals surface area contributed by atoms with Gasteiger partial charge in [0.25, 0.3) is 5.91 Å². The Morgan fingerprint density at radius 3 is 2.19 bits per heavy atom. The highest BCUT2D eigenvalue weighted by atomic mass is 16.5. The van der Waals surface area contributed by atoms with Gasteiger partial charge in [0.15, 0.2) is 11.5 Å². The zero-order chi connectivity index (χ0) is 18.9. The Hall–Kier alpha value is -3.02. The van der Waals surface area contributed by atoms with Crippen molar-refractivity contribution < 1.29 is 19.1 Å². The molecule has 2 rings (SSSR count). The summed E-state index contributed by atoms with van der Waals surface area (Å²) in [6.07, 6.45) is 0.228. The maximum absolute atomic E-state index is 12.0. The molecule has 0 radical (unpaired) electrons. The second kappa shape index (κ2) is 9.46. The molecule has 2 aromatic rings. The molecule has 0 aliphatic rings. The number of benzene rings is 2. The van der Waals surface area contributed by atoms with Gasteiger partial charge in [-0.3, -0.25) is 9.59 Å². The van der Waals surface area contributed by atoms with E-state index in [1.54, 1.807) is 38.5 Å². The number of ether oxygens (including phenoxy) is 2. The monoisotopic (exact) mass is 356 g/mol. The van der Waals surface area contributed by atoms with E-state index in [1.807, 2.05) is 25.1 Å². The van der Waals surface area contributed by atoms with Gasteiger partial charge in [0, 0.05) is 18.7 Å². The van der Waals surface area contributed by atoms with Crippen molar-refractivity contribution in [2.75, 3.05) is 27.3 Å². The van der Waals surface area contributed by atoms with Crippen molar-refractivity contribution >= 4 is 11.8 Å². The molecule has 0 bridgehead atoms. The molecule has 0 spiro atoms. The second-order valence-corrected chi connectivity index (χ2v) is 5.84. The van der Waals surface area contributed by atoms with E-state index >= 15 is 0 Å². The molecular weight excluding hydrogens is 332 g/mol. The zero-order valence-electron chi connectivity index (χ0n) is 15.3. The van der Waals surface area contributed by atoms with Crippen LogP contribution in [0, 0.1) is 6.92 Å². The van der Waals surface area contributed by atoms with Crippen molar-refractivity contribution in [1.29, 1.82) is 0 Å². The number of rotatable bonds is 8.